The fraction of sp³-hybridized carbons (Fsp3) is 0.190. The van der Waals surface area contributed by atoms with Crippen molar-refractivity contribution in [3.63, 3.8) is 0 Å². The minimum atomic E-state index is -0.119. The van der Waals surface area contributed by atoms with Crippen LogP contribution in [0.1, 0.15) is 11.5 Å². The summed E-state index contributed by atoms with van der Waals surface area (Å²) < 4.78 is 14.1. The first-order valence-corrected chi connectivity index (χ1v) is 10.4. The van der Waals surface area contributed by atoms with Crippen LogP contribution >= 0.6 is 11.8 Å². The second-order valence-corrected chi connectivity index (χ2v) is 7.76. The van der Waals surface area contributed by atoms with Crippen LogP contribution in [-0.2, 0) is 5.75 Å². The Morgan fingerprint density at radius 2 is 1.84 bits per heavy atom. The van der Waals surface area contributed by atoms with Crippen LogP contribution in [0.25, 0.3) is 22.2 Å². The predicted octanol–water partition coefficient (Wildman–Crippen LogP) is 2.90. The Labute approximate surface area is 180 Å². The molecule has 0 saturated carbocycles. The van der Waals surface area contributed by atoms with Crippen LogP contribution in [0.15, 0.2) is 52.5 Å². The Bertz CT molecular complexity index is 1510. The average molecular weight is 434 g/mol. The lowest BCUT2D eigenvalue weighted by Gasteiger charge is -2.11. The Morgan fingerprint density at radius 1 is 1.03 bits per heavy atom. The molecule has 1 aromatic carbocycles. The fourth-order valence-corrected chi connectivity index (χ4v) is 4.26. The molecule has 0 aliphatic rings. The van der Waals surface area contributed by atoms with E-state index in [1.165, 1.54) is 16.2 Å². The number of pyridine rings is 1. The predicted molar refractivity (Wildman–Crippen MR) is 117 cm³/mol. The zero-order valence-electron chi connectivity index (χ0n) is 17.1. The van der Waals surface area contributed by atoms with Gasteiger partial charge in [-0.25, -0.2) is 15.0 Å². The van der Waals surface area contributed by atoms with Crippen molar-refractivity contribution < 1.29 is 9.47 Å². The molecule has 156 valence electrons. The number of thioether (sulfide) groups is 1. The minimum absolute atomic E-state index is 0.119. The number of aromatic nitrogens is 6. The zero-order valence-corrected chi connectivity index (χ0v) is 17.9. The van der Waals surface area contributed by atoms with Crippen molar-refractivity contribution in [2.75, 3.05) is 14.2 Å². The lowest BCUT2D eigenvalue weighted by molar-refractivity contribution is 0.355. The van der Waals surface area contributed by atoms with Gasteiger partial charge in [-0.05, 0) is 25.1 Å². The van der Waals surface area contributed by atoms with E-state index in [1.54, 1.807) is 37.1 Å². The van der Waals surface area contributed by atoms with E-state index in [2.05, 4.69) is 15.1 Å². The second-order valence-electron chi connectivity index (χ2n) is 6.82. The normalized spacial score (nSPS) is 11.5. The number of benzene rings is 1. The molecule has 0 spiro atoms. The highest BCUT2D eigenvalue weighted by Crippen LogP contribution is 2.34. The van der Waals surface area contributed by atoms with E-state index < -0.39 is 0 Å². The van der Waals surface area contributed by atoms with Gasteiger partial charge in [0.05, 0.1) is 25.4 Å². The van der Waals surface area contributed by atoms with Gasteiger partial charge in [-0.2, -0.15) is 4.52 Å². The number of ether oxygens (including phenoxy) is 2. The summed E-state index contributed by atoms with van der Waals surface area (Å²) in [6.45, 7) is 1.83. The standard InChI is InChI=1S/C21H18N6O3S/c1-12-22-20-14-9-16(29-2)17(30-3)10-15(14)24-21(27(20)25-12)31-11-13-8-19(28)26-7-5-4-6-18(26)23-13/h4-10H,11H2,1-3H3. The summed E-state index contributed by atoms with van der Waals surface area (Å²) in [6, 6.07) is 10.7. The molecule has 0 aliphatic carbocycles. The highest BCUT2D eigenvalue weighted by Gasteiger charge is 2.16. The van der Waals surface area contributed by atoms with Crippen LogP contribution in [-0.4, -0.2) is 43.2 Å². The van der Waals surface area contributed by atoms with Crippen molar-refractivity contribution in [2.24, 2.45) is 0 Å². The van der Waals surface area contributed by atoms with E-state index in [1.807, 2.05) is 31.2 Å². The number of hydrogen-bond donors (Lipinski definition) is 0. The molecule has 31 heavy (non-hydrogen) atoms. The largest absolute Gasteiger partial charge is 0.493 e. The highest BCUT2D eigenvalue weighted by atomic mass is 32.2. The van der Waals surface area contributed by atoms with Crippen molar-refractivity contribution in [3.05, 3.63) is 64.5 Å². The molecule has 0 radical (unpaired) electrons. The first-order chi connectivity index (χ1) is 15.1. The van der Waals surface area contributed by atoms with Gasteiger partial charge in [-0.15, -0.1) is 5.10 Å². The molecule has 0 fully saturated rings. The van der Waals surface area contributed by atoms with E-state index in [0.717, 1.165) is 5.39 Å². The van der Waals surface area contributed by atoms with Gasteiger partial charge in [0.1, 0.15) is 11.5 Å². The van der Waals surface area contributed by atoms with Crippen LogP contribution in [0.5, 0.6) is 11.5 Å². The van der Waals surface area contributed by atoms with Gasteiger partial charge in [-0.3, -0.25) is 9.20 Å². The summed E-state index contributed by atoms with van der Waals surface area (Å²) in [4.78, 5) is 26.3. The Balaban J connectivity index is 1.60. The van der Waals surface area contributed by atoms with Crippen molar-refractivity contribution in [1.82, 2.24) is 29.0 Å². The van der Waals surface area contributed by atoms with E-state index in [0.29, 0.717) is 50.7 Å². The molecule has 0 N–H and O–H groups in total. The quantitative estimate of drug-likeness (QED) is 0.308. The summed E-state index contributed by atoms with van der Waals surface area (Å²) in [7, 11) is 3.18. The molecule has 0 unspecified atom stereocenters. The van der Waals surface area contributed by atoms with Crippen molar-refractivity contribution in [2.45, 2.75) is 17.8 Å². The number of nitrogens with zero attached hydrogens (tertiary/aromatic N) is 6. The lowest BCUT2D eigenvalue weighted by atomic mass is 10.2. The Morgan fingerprint density at radius 3 is 2.65 bits per heavy atom. The minimum Gasteiger partial charge on any atom is -0.493 e. The molecule has 4 aromatic heterocycles. The maximum Gasteiger partial charge on any atom is 0.258 e. The summed E-state index contributed by atoms with van der Waals surface area (Å²) in [5.41, 5.74) is 2.55. The van der Waals surface area contributed by atoms with E-state index in [9.17, 15) is 4.79 Å². The van der Waals surface area contributed by atoms with E-state index >= 15 is 0 Å². The molecule has 0 saturated heterocycles. The molecule has 10 heteroatoms. The number of hydrogen-bond acceptors (Lipinski definition) is 8. The molecule has 9 nitrogen and oxygen atoms in total. The van der Waals surface area contributed by atoms with Gasteiger partial charge < -0.3 is 9.47 Å². The number of methoxy groups -OCH3 is 2. The molecule has 0 bridgehead atoms. The summed E-state index contributed by atoms with van der Waals surface area (Å²) in [5.74, 6) is 2.28. The van der Waals surface area contributed by atoms with Crippen LogP contribution in [0.3, 0.4) is 0 Å². The van der Waals surface area contributed by atoms with Crippen molar-refractivity contribution in [1.29, 1.82) is 0 Å². The molecule has 4 heterocycles. The Kier molecular flexibility index (Phi) is 4.70. The third-order valence-electron chi connectivity index (χ3n) is 4.83. The maximum atomic E-state index is 12.4. The molecule has 0 amide bonds. The summed E-state index contributed by atoms with van der Waals surface area (Å²) >= 11 is 1.44. The topological polar surface area (TPSA) is 95.9 Å². The van der Waals surface area contributed by atoms with Crippen molar-refractivity contribution >= 4 is 34.0 Å². The smallest absolute Gasteiger partial charge is 0.258 e. The monoisotopic (exact) mass is 434 g/mol. The third kappa shape index (κ3) is 3.34. The first-order valence-electron chi connectivity index (χ1n) is 9.46. The Hall–Kier alpha value is -3.66. The number of fused-ring (bicyclic) bond motifs is 4. The number of aryl methyl sites for hydroxylation is 1. The van der Waals surface area contributed by atoms with E-state index in [4.69, 9.17) is 14.5 Å². The van der Waals surface area contributed by atoms with Gasteiger partial charge >= 0.3 is 0 Å². The van der Waals surface area contributed by atoms with Gasteiger partial charge in [-0.1, -0.05) is 17.8 Å². The molecular weight excluding hydrogens is 416 g/mol. The van der Waals surface area contributed by atoms with Crippen LogP contribution in [0.2, 0.25) is 0 Å². The second kappa shape index (κ2) is 7.55. The van der Waals surface area contributed by atoms with Crippen molar-refractivity contribution in [3.8, 4) is 11.5 Å². The molecular formula is C21H18N6O3S. The van der Waals surface area contributed by atoms with Crippen LogP contribution < -0.4 is 15.0 Å². The maximum absolute atomic E-state index is 12.4. The van der Waals surface area contributed by atoms with Gasteiger partial charge in [0.15, 0.2) is 22.3 Å². The van der Waals surface area contributed by atoms with Gasteiger partial charge in [0, 0.05) is 29.5 Å². The zero-order chi connectivity index (χ0) is 21.5. The molecule has 5 rings (SSSR count). The van der Waals surface area contributed by atoms with E-state index in [-0.39, 0.29) is 5.56 Å². The highest BCUT2D eigenvalue weighted by molar-refractivity contribution is 7.98. The molecule has 0 atom stereocenters. The van der Waals surface area contributed by atoms with Crippen LogP contribution in [0, 0.1) is 6.92 Å². The average Bonchev–Trinajstić information content (AvgIpc) is 3.18. The number of rotatable bonds is 5. The molecule has 0 aliphatic heterocycles. The fourth-order valence-electron chi connectivity index (χ4n) is 3.42. The van der Waals surface area contributed by atoms with Gasteiger partial charge in [0.2, 0.25) is 0 Å². The SMILES string of the molecule is COc1cc2nc(SCc3cc(=O)n4ccccc4n3)n3nc(C)nc3c2cc1OC. The summed E-state index contributed by atoms with van der Waals surface area (Å²) in [5, 5.41) is 5.96. The lowest BCUT2D eigenvalue weighted by Crippen LogP contribution is -2.14. The first kappa shape index (κ1) is 19.3. The van der Waals surface area contributed by atoms with Gasteiger partial charge in [0.25, 0.3) is 5.56 Å². The molecule has 5 aromatic rings. The van der Waals surface area contributed by atoms with Crippen LogP contribution in [0.4, 0.5) is 0 Å². The third-order valence-corrected chi connectivity index (χ3v) is 5.79. The summed E-state index contributed by atoms with van der Waals surface area (Å²) in [6.07, 6.45) is 1.70.